The van der Waals surface area contributed by atoms with E-state index < -0.39 is 30.0 Å². The van der Waals surface area contributed by atoms with Crippen LogP contribution in [0.2, 0.25) is 0 Å². The molecule has 0 unspecified atom stereocenters. The van der Waals surface area contributed by atoms with Gasteiger partial charge in [0.15, 0.2) is 6.10 Å². The quantitative estimate of drug-likeness (QED) is 0.605. The minimum absolute atomic E-state index is 0.0565. The van der Waals surface area contributed by atoms with E-state index in [2.05, 4.69) is 12.2 Å². The number of thioether (sulfide) groups is 1. The van der Waals surface area contributed by atoms with Crippen LogP contribution in [0.3, 0.4) is 0 Å². The van der Waals surface area contributed by atoms with Gasteiger partial charge in [-0.25, -0.2) is 9.59 Å². The second-order valence-electron chi connectivity index (χ2n) is 9.11. The lowest BCUT2D eigenvalue weighted by Crippen LogP contribution is -2.48. The molecule has 10 heteroatoms. The zero-order valence-corrected chi connectivity index (χ0v) is 21.0. The number of anilines is 1. The van der Waals surface area contributed by atoms with Crippen molar-refractivity contribution in [3.05, 3.63) is 16.0 Å². The van der Waals surface area contributed by atoms with Gasteiger partial charge < -0.3 is 19.7 Å². The number of rotatable bonds is 6. The number of carbonyl (C=O) groups excluding carboxylic acids is 4. The van der Waals surface area contributed by atoms with E-state index in [4.69, 9.17) is 9.47 Å². The van der Waals surface area contributed by atoms with Crippen molar-refractivity contribution in [3.63, 3.8) is 0 Å². The molecule has 0 spiro atoms. The molecule has 0 aromatic carbocycles. The third-order valence-electron chi connectivity index (χ3n) is 6.61. The van der Waals surface area contributed by atoms with Gasteiger partial charge in [0.1, 0.15) is 11.0 Å². The number of hydrogen-bond acceptors (Lipinski definition) is 8. The Hall–Kier alpha value is -2.07. The number of hydrogen-bond donors (Lipinski definition) is 1. The first kappa shape index (κ1) is 24.1. The highest BCUT2D eigenvalue weighted by molar-refractivity contribution is 8.01. The Morgan fingerprint density at radius 2 is 2.06 bits per heavy atom. The van der Waals surface area contributed by atoms with Crippen LogP contribution >= 0.6 is 23.1 Å². The first-order valence-electron chi connectivity index (χ1n) is 11.4. The standard InChI is InChI=1S/C23H30N2O6S2/c1-5-30-22(29)18-14-7-6-12(2)10-16(14)33-20(18)24-19(27)13(3)31-21(28)15-11-32-23(4)9-8-17(26)25(15)23/h12-13,15H,5-11H2,1-4H3,(H,24,27)/t12-,13-,15-,23+/m0/s1. The number of amides is 2. The van der Waals surface area contributed by atoms with Crippen LogP contribution in [0, 0.1) is 5.92 Å². The van der Waals surface area contributed by atoms with Crippen LogP contribution < -0.4 is 5.32 Å². The molecule has 1 aromatic rings. The molecule has 4 atom stereocenters. The van der Waals surface area contributed by atoms with Gasteiger partial charge in [-0.1, -0.05) is 6.92 Å². The molecular weight excluding hydrogens is 464 g/mol. The van der Waals surface area contributed by atoms with Crippen molar-refractivity contribution in [3.8, 4) is 0 Å². The van der Waals surface area contributed by atoms with Crippen molar-refractivity contribution in [1.82, 2.24) is 4.90 Å². The normalized spacial score (nSPS) is 27.0. The number of fused-ring (bicyclic) bond motifs is 2. The lowest BCUT2D eigenvalue weighted by Gasteiger charge is -2.29. The van der Waals surface area contributed by atoms with Crippen molar-refractivity contribution >= 4 is 51.9 Å². The summed E-state index contributed by atoms with van der Waals surface area (Å²) in [5.74, 6) is -0.620. The van der Waals surface area contributed by atoms with Crippen molar-refractivity contribution in [1.29, 1.82) is 0 Å². The topological polar surface area (TPSA) is 102 Å². The Morgan fingerprint density at radius 3 is 2.79 bits per heavy atom. The fourth-order valence-corrected chi connectivity index (χ4v) is 7.59. The zero-order chi connectivity index (χ0) is 23.9. The number of ether oxygens (including phenoxy) is 2. The van der Waals surface area contributed by atoms with Gasteiger partial charge in [0.05, 0.1) is 17.0 Å². The molecule has 3 heterocycles. The predicted octanol–water partition coefficient (Wildman–Crippen LogP) is 3.37. The van der Waals surface area contributed by atoms with Crippen molar-refractivity contribution in [2.24, 2.45) is 5.92 Å². The summed E-state index contributed by atoms with van der Waals surface area (Å²) in [6, 6.07) is -0.684. The van der Waals surface area contributed by atoms with Crippen molar-refractivity contribution in [2.45, 2.75) is 76.8 Å². The van der Waals surface area contributed by atoms with Crippen LogP contribution in [0.4, 0.5) is 5.00 Å². The van der Waals surface area contributed by atoms with Crippen LogP contribution in [-0.4, -0.2) is 58.0 Å². The first-order valence-corrected chi connectivity index (χ1v) is 13.2. The van der Waals surface area contributed by atoms with E-state index in [9.17, 15) is 19.2 Å². The lowest BCUT2D eigenvalue weighted by molar-refractivity contribution is -0.160. The summed E-state index contributed by atoms with van der Waals surface area (Å²) in [7, 11) is 0. The molecule has 1 aliphatic carbocycles. The molecule has 2 saturated heterocycles. The minimum Gasteiger partial charge on any atom is -0.462 e. The molecule has 0 radical (unpaired) electrons. The average molecular weight is 495 g/mol. The molecule has 180 valence electrons. The molecule has 2 amide bonds. The van der Waals surface area contributed by atoms with Gasteiger partial charge in [-0.2, -0.15) is 0 Å². The highest BCUT2D eigenvalue weighted by atomic mass is 32.2. The molecule has 1 aromatic heterocycles. The number of nitrogens with one attached hydrogen (secondary N) is 1. The number of nitrogens with zero attached hydrogens (tertiary/aromatic N) is 1. The predicted molar refractivity (Wildman–Crippen MR) is 126 cm³/mol. The van der Waals surface area contributed by atoms with E-state index in [1.165, 1.54) is 18.3 Å². The van der Waals surface area contributed by atoms with Crippen LogP contribution in [0.15, 0.2) is 0 Å². The Balaban J connectivity index is 1.46. The van der Waals surface area contributed by atoms with Gasteiger partial charge in [-0.05, 0) is 57.9 Å². The summed E-state index contributed by atoms with van der Waals surface area (Å²) in [6.07, 6.45) is 2.65. The maximum absolute atomic E-state index is 12.9. The molecule has 4 rings (SSSR count). The van der Waals surface area contributed by atoms with Crippen LogP contribution in [0.25, 0.3) is 0 Å². The molecule has 8 nitrogen and oxygen atoms in total. The van der Waals surface area contributed by atoms with Gasteiger partial charge in [0, 0.05) is 17.1 Å². The van der Waals surface area contributed by atoms with Crippen molar-refractivity contribution < 1.29 is 28.7 Å². The molecule has 1 N–H and O–H groups in total. The summed E-state index contributed by atoms with van der Waals surface area (Å²) >= 11 is 2.97. The lowest BCUT2D eigenvalue weighted by atomic mass is 9.88. The second-order valence-corrected chi connectivity index (χ2v) is 11.7. The maximum atomic E-state index is 12.9. The van der Waals surface area contributed by atoms with E-state index in [1.807, 2.05) is 6.92 Å². The molecule has 0 bridgehead atoms. The summed E-state index contributed by atoms with van der Waals surface area (Å²) in [4.78, 5) is 53.0. The summed E-state index contributed by atoms with van der Waals surface area (Å²) in [6.45, 7) is 7.62. The zero-order valence-electron chi connectivity index (χ0n) is 19.4. The molecule has 2 aliphatic heterocycles. The smallest absolute Gasteiger partial charge is 0.341 e. The van der Waals surface area contributed by atoms with Crippen molar-refractivity contribution in [2.75, 3.05) is 17.7 Å². The highest BCUT2D eigenvalue weighted by Gasteiger charge is 2.53. The average Bonchev–Trinajstić information content (AvgIpc) is 3.38. The second kappa shape index (κ2) is 9.29. The molecular formula is C23H30N2O6S2. The van der Waals surface area contributed by atoms with Gasteiger partial charge in [0.2, 0.25) is 5.91 Å². The molecule has 0 saturated carbocycles. The maximum Gasteiger partial charge on any atom is 0.341 e. The third kappa shape index (κ3) is 4.51. The Labute approximate surface area is 201 Å². The fourth-order valence-electron chi connectivity index (χ4n) is 4.77. The van der Waals surface area contributed by atoms with Crippen LogP contribution in [-0.2, 0) is 36.7 Å². The van der Waals surface area contributed by atoms with E-state index in [-0.39, 0.29) is 17.4 Å². The van der Waals surface area contributed by atoms with E-state index in [0.717, 1.165) is 29.7 Å². The SMILES string of the molecule is CCOC(=O)c1c(NC(=O)[C@H](C)OC(=O)[C@@H]2CS[C@]3(C)CCC(=O)N23)sc2c1CC[C@H](C)C2. The van der Waals surface area contributed by atoms with E-state index >= 15 is 0 Å². The van der Waals surface area contributed by atoms with E-state index in [1.54, 1.807) is 23.6 Å². The number of thiophene rings is 1. The van der Waals surface area contributed by atoms with E-state index in [0.29, 0.717) is 35.1 Å². The summed E-state index contributed by atoms with van der Waals surface area (Å²) < 4.78 is 10.7. The van der Waals surface area contributed by atoms with Gasteiger partial charge >= 0.3 is 11.9 Å². The highest BCUT2D eigenvalue weighted by Crippen LogP contribution is 2.47. The van der Waals surface area contributed by atoms with Gasteiger partial charge in [0.25, 0.3) is 5.91 Å². The fraction of sp³-hybridized carbons (Fsp3) is 0.652. The van der Waals surface area contributed by atoms with Gasteiger partial charge in [-0.15, -0.1) is 23.1 Å². The summed E-state index contributed by atoms with van der Waals surface area (Å²) in [5, 5.41) is 3.24. The molecule has 3 aliphatic rings. The monoisotopic (exact) mass is 494 g/mol. The Morgan fingerprint density at radius 1 is 1.30 bits per heavy atom. The molecule has 2 fully saturated rings. The largest absolute Gasteiger partial charge is 0.462 e. The number of esters is 2. The molecule has 33 heavy (non-hydrogen) atoms. The Bertz CT molecular complexity index is 992. The number of carbonyl (C=O) groups is 4. The van der Waals surface area contributed by atoms with Gasteiger partial charge in [-0.3, -0.25) is 9.59 Å². The summed E-state index contributed by atoms with van der Waals surface area (Å²) in [5.41, 5.74) is 1.37. The van der Waals surface area contributed by atoms with Crippen LogP contribution in [0.5, 0.6) is 0 Å². The Kier molecular flexibility index (Phi) is 6.77. The minimum atomic E-state index is -1.07. The third-order valence-corrected chi connectivity index (χ3v) is 9.28. The first-order chi connectivity index (χ1) is 15.6. The van der Waals surface area contributed by atoms with Crippen LogP contribution in [0.1, 0.15) is 67.8 Å².